The second-order valence-corrected chi connectivity index (χ2v) is 5.94. The molecular weight excluding hydrogens is 299 g/mol. The number of β-amino-alcohol motifs (C(OH)–C–C–N with tert-alkyl or cyclic N) is 1. The Kier molecular flexibility index (Phi) is 6.80. The minimum absolute atomic E-state index is 0.129. The summed E-state index contributed by atoms with van der Waals surface area (Å²) in [6.45, 7) is 5.84. The van der Waals surface area contributed by atoms with E-state index in [1.807, 2.05) is 4.90 Å². The fraction of sp³-hybridized carbons (Fsp3) is 0.588. The summed E-state index contributed by atoms with van der Waals surface area (Å²) in [6.07, 6.45) is 0.715. The topological polar surface area (TPSA) is 53.0 Å². The molecule has 0 spiro atoms. The van der Waals surface area contributed by atoms with Crippen molar-refractivity contribution >= 4 is 5.91 Å². The average Bonchev–Trinajstić information content (AvgIpc) is 2.51. The molecule has 0 aromatic heterocycles. The highest BCUT2D eigenvalue weighted by molar-refractivity contribution is 5.76. The molecule has 1 aromatic carbocycles. The molecule has 1 N–H and O–H groups in total. The van der Waals surface area contributed by atoms with E-state index in [9.17, 15) is 14.3 Å². The first-order valence-corrected chi connectivity index (χ1v) is 8.11. The molecule has 0 radical (unpaired) electrons. The minimum atomic E-state index is -0.336. The van der Waals surface area contributed by atoms with Crippen molar-refractivity contribution in [2.24, 2.45) is 0 Å². The summed E-state index contributed by atoms with van der Waals surface area (Å²) in [5, 5.41) is 9.37. The predicted octanol–water partition coefficient (Wildman–Crippen LogP) is 1.51. The van der Waals surface area contributed by atoms with Gasteiger partial charge in [-0.05, 0) is 25.5 Å². The van der Waals surface area contributed by atoms with Crippen molar-refractivity contribution in [2.75, 3.05) is 39.3 Å². The van der Waals surface area contributed by atoms with Gasteiger partial charge in [0.05, 0.1) is 12.7 Å². The van der Waals surface area contributed by atoms with Crippen LogP contribution in [-0.4, -0.2) is 66.2 Å². The summed E-state index contributed by atoms with van der Waals surface area (Å²) in [5.41, 5.74) is 0. The van der Waals surface area contributed by atoms with E-state index in [0.29, 0.717) is 44.8 Å². The van der Waals surface area contributed by atoms with Gasteiger partial charge in [-0.15, -0.1) is 0 Å². The third kappa shape index (κ3) is 6.15. The van der Waals surface area contributed by atoms with Crippen molar-refractivity contribution in [3.8, 4) is 5.75 Å². The van der Waals surface area contributed by atoms with Gasteiger partial charge in [-0.2, -0.15) is 0 Å². The molecule has 0 unspecified atom stereocenters. The maximum absolute atomic E-state index is 13.0. The largest absolute Gasteiger partial charge is 0.493 e. The van der Waals surface area contributed by atoms with Crippen LogP contribution in [-0.2, 0) is 4.79 Å². The molecule has 1 heterocycles. The van der Waals surface area contributed by atoms with Crippen molar-refractivity contribution < 1.29 is 19.0 Å². The summed E-state index contributed by atoms with van der Waals surface area (Å²) in [5.74, 6) is 0.294. The second kappa shape index (κ2) is 8.84. The monoisotopic (exact) mass is 324 g/mol. The van der Waals surface area contributed by atoms with Crippen LogP contribution in [0.2, 0.25) is 0 Å². The van der Waals surface area contributed by atoms with Crippen LogP contribution in [0.25, 0.3) is 0 Å². The second-order valence-electron chi connectivity index (χ2n) is 5.94. The van der Waals surface area contributed by atoms with Crippen molar-refractivity contribution in [1.82, 2.24) is 9.80 Å². The number of carbonyl (C=O) groups is 1. The lowest BCUT2D eigenvalue weighted by molar-refractivity contribution is -0.133. The Bertz CT molecular complexity index is 502. The highest BCUT2D eigenvalue weighted by Crippen LogP contribution is 2.13. The summed E-state index contributed by atoms with van der Waals surface area (Å²) >= 11 is 0. The Balaban J connectivity index is 1.62. The molecule has 0 saturated carbocycles. The van der Waals surface area contributed by atoms with E-state index < -0.39 is 0 Å². The van der Waals surface area contributed by atoms with Crippen molar-refractivity contribution in [3.05, 3.63) is 30.1 Å². The number of aliphatic hydroxyl groups excluding tert-OH is 1. The van der Waals surface area contributed by atoms with Crippen molar-refractivity contribution in [1.29, 1.82) is 0 Å². The molecular formula is C17H25FN2O3. The van der Waals surface area contributed by atoms with Crippen LogP contribution in [0.1, 0.15) is 19.8 Å². The molecule has 0 aliphatic carbocycles. The lowest BCUT2D eigenvalue weighted by atomic mass is 10.2. The summed E-state index contributed by atoms with van der Waals surface area (Å²) in [4.78, 5) is 16.2. The quantitative estimate of drug-likeness (QED) is 0.773. The Morgan fingerprint density at radius 2 is 2.09 bits per heavy atom. The van der Waals surface area contributed by atoms with Gasteiger partial charge < -0.3 is 14.7 Å². The smallest absolute Gasteiger partial charge is 0.222 e. The van der Waals surface area contributed by atoms with Crippen LogP contribution in [0, 0.1) is 5.82 Å². The summed E-state index contributed by atoms with van der Waals surface area (Å²) in [7, 11) is 0. The molecule has 1 aromatic rings. The van der Waals surface area contributed by atoms with Gasteiger partial charge in [0.2, 0.25) is 5.91 Å². The van der Waals surface area contributed by atoms with Gasteiger partial charge in [-0.3, -0.25) is 9.69 Å². The molecule has 1 atom stereocenters. The number of aliphatic hydroxyl groups is 1. The van der Waals surface area contributed by atoms with Crippen LogP contribution in [0.5, 0.6) is 5.75 Å². The van der Waals surface area contributed by atoms with Gasteiger partial charge in [-0.1, -0.05) is 6.07 Å². The number of amides is 1. The first-order chi connectivity index (χ1) is 11.0. The van der Waals surface area contributed by atoms with E-state index in [1.165, 1.54) is 12.1 Å². The molecule has 6 heteroatoms. The lowest BCUT2D eigenvalue weighted by Gasteiger charge is -2.35. The van der Waals surface area contributed by atoms with Crippen LogP contribution >= 0.6 is 0 Å². The SMILES string of the molecule is C[C@@H](O)CN1CCN(C(=O)CCCOc2cccc(F)c2)CC1. The predicted molar refractivity (Wildman–Crippen MR) is 85.8 cm³/mol. The highest BCUT2D eigenvalue weighted by Gasteiger charge is 2.21. The van der Waals surface area contributed by atoms with E-state index in [1.54, 1.807) is 19.1 Å². The van der Waals surface area contributed by atoms with Crippen LogP contribution < -0.4 is 4.74 Å². The number of hydrogen-bond acceptors (Lipinski definition) is 4. The van der Waals surface area contributed by atoms with Crippen LogP contribution in [0.15, 0.2) is 24.3 Å². The standard InChI is InChI=1S/C17H25FN2O3/c1-14(21)13-19-7-9-20(10-8-19)17(22)6-3-11-23-16-5-2-4-15(18)12-16/h2,4-5,12,14,21H,3,6-11,13H2,1H3/t14-/m1/s1. The molecule has 1 saturated heterocycles. The molecule has 1 aliphatic heterocycles. The first kappa shape index (κ1) is 17.7. The van der Waals surface area contributed by atoms with E-state index in [4.69, 9.17) is 4.74 Å². The zero-order chi connectivity index (χ0) is 16.7. The number of rotatable bonds is 7. The fourth-order valence-corrected chi connectivity index (χ4v) is 2.68. The molecule has 1 fully saturated rings. The number of benzene rings is 1. The highest BCUT2D eigenvalue weighted by atomic mass is 19.1. The average molecular weight is 324 g/mol. The Morgan fingerprint density at radius 3 is 2.74 bits per heavy atom. The number of piperazine rings is 1. The fourth-order valence-electron chi connectivity index (χ4n) is 2.68. The molecule has 0 bridgehead atoms. The Labute approximate surface area is 136 Å². The van der Waals surface area contributed by atoms with E-state index in [-0.39, 0.29) is 17.8 Å². The van der Waals surface area contributed by atoms with Gasteiger partial charge >= 0.3 is 0 Å². The molecule has 1 aliphatic rings. The Hall–Kier alpha value is -1.66. The van der Waals surface area contributed by atoms with E-state index >= 15 is 0 Å². The molecule has 1 amide bonds. The number of hydrogen-bond donors (Lipinski definition) is 1. The van der Waals surface area contributed by atoms with E-state index in [0.717, 1.165) is 13.1 Å². The first-order valence-electron chi connectivity index (χ1n) is 8.11. The number of carbonyl (C=O) groups excluding carboxylic acids is 1. The zero-order valence-corrected chi connectivity index (χ0v) is 13.6. The van der Waals surface area contributed by atoms with Gasteiger partial charge in [-0.25, -0.2) is 4.39 Å². The number of nitrogens with zero attached hydrogens (tertiary/aromatic N) is 2. The maximum atomic E-state index is 13.0. The van der Waals surface area contributed by atoms with Gasteiger partial charge in [0.25, 0.3) is 0 Å². The molecule has 2 rings (SSSR count). The molecule has 23 heavy (non-hydrogen) atoms. The molecule has 128 valence electrons. The minimum Gasteiger partial charge on any atom is -0.493 e. The van der Waals surface area contributed by atoms with Crippen molar-refractivity contribution in [3.63, 3.8) is 0 Å². The van der Waals surface area contributed by atoms with Gasteiger partial charge in [0.15, 0.2) is 0 Å². The van der Waals surface area contributed by atoms with E-state index in [2.05, 4.69) is 4.90 Å². The zero-order valence-electron chi connectivity index (χ0n) is 13.6. The number of ether oxygens (including phenoxy) is 1. The third-order valence-corrected chi connectivity index (χ3v) is 3.85. The maximum Gasteiger partial charge on any atom is 0.222 e. The van der Waals surface area contributed by atoms with Crippen molar-refractivity contribution in [2.45, 2.75) is 25.9 Å². The van der Waals surface area contributed by atoms with Gasteiger partial charge in [0.1, 0.15) is 11.6 Å². The Morgan fingerprint density at radius 1 is 1.35 bits per heavy atom. The number of halogens is 1. The lowest BCUT2D eigenvalue weighted by Crippen LogP contribution is -2.50. The normalized spacial score (nSPS) is 17.1. The molecule has 5 nitrogen and oxygen atoms in total. The van der Waals surface area contributed by atoms with Crippen LogP contribution in [0.3, 0.4) is 0 Å². The van der Waals surface area contributed by atoms with Gasteiger partial charge in [0, 0.05) is 45.2 Å². The summed E-state index contributed by atoms with van der Waals surface area (Å²) < 4.78 is 18.4. The third-order valence-electron chi connectivity index (χ3n) is 3.85. The van der Waals surface area contributed by atoms with Crippen LogP contribution in [0.4, 0.5) is 4.39 Å². The summed E-state index contributed by atoms with van der Waals surface area (Å²) in [6, 6.07) is 6.01.